The van der Waals surface area contributed by atoms with E-state index in [0.717, 1.165) is 31.2 Å². The normalized spacial score (nSPS) is 26.6. The molecule has 144 valence electrons. The molecule has 2 aromatic rings. The van der Waals surface area contributed by atoms with Crippen molar-refractivity contribution in [3.05, 3.63) is 41.7 Å². The van der Waals surface area contributed by atoms with Crippen LogP contribution in [0.4, 0.5) is 11.5 Å². The van der Waals surface area contributed by atoms with Crippen LogP contribution in [-0.4, -0.2) is 27.3 Å². The van der Waals surface area contributed by atoms with Gasteiger partial charge in [0.25, 0.3) is 0 Å². The molecule has 1 saturated carbocycles. The molecule has 1 aliphatic carbocycles. The molecule has 1 fully saturated rings. The highest BCUT2D eigenvalue weighted by Crippen LogP contribution is 2.43. The Morgan fingerprint density at radius 2 is 1.78 bits per heavy atom. The molecule has 6 heteroatoms. The van der Waals surface area contributed by atoms with Crippen LogP contribution in [0.1, 0.15) is 62.6 Å². The van der Waals surface area contributed by atoms with Gasteiger partial charge in [-0.3, -0.25) is 0 Å². The zero-order valence-corrected chi connectivity index (χ0v) is 16.0. The Labute approximate surface area is 160 Å². The third-order valence-electron chi connectivity index (χ3n) is 6.03. The number of nitrogen functional groups attached to an aromatic ring is 1. The van der Waals surface area contributed by atoms with Gasteiger partial charge in [-0.15, -0.1) is 0 Å². The average Bonchev–Trinajstić information content (AvgIpc) is 2.67. The van der Waals surface area contributed by atoms with E-state index in [-0.39, 0.29) is 6.04 Å². The topological polar surface area (TPSA) is 93.3 Å². The fourth-order valence-corrected chi connectivity index (χ4v) is 4.35. The smallest absolute Gasteiger partial charge is 0.243 e. The molecule has 0 spiro atoms. The van der Waals surface area contributed by atoms with Gasteiger partial charge in [0.05, 0.1) is 6.04 Å². The summed E-state index contributed by atoms with van der Waals surface area (Å²) in [5.74, 6) is 1.98. The maximum atomic E-state index is 9.33. The minimum atomic E-state index is -0.464. The summed E-state index contributed by atoms with van der Waals surface area (Å²) in [4.78, 5) is 8.26. The molecule has 4 rings (SSSR count). The van der Waals surface area contributed by atoms with Crippen molar-refractivity contribution >= 4 is 11.5 Å². The van der Waals surface area contributed by atoms with E-state index in [1.807, 2.05) is 0 Å². The zero-order valence-electron chi connectivity index (χ0n) is 16.0. The number of hydrogen-bond acceptors (Lipinski definition) is 6. The van der Waals surface area contributed by atoms with Crippen LogP contribution in [0.2, 0.25) is 0 Å². The van der Waals surface area contributed by atoms with Crippen molar-refractivity contribution in [3.8, 4) is 5.88 Å². The molecule has 1 aromatic heterocycles. The van der Waals surface area contributed by atoms with Gasteiger partial charge >= 0.3 is 0 Å². The van der Waals surface area contributed by atoms with Gasteiger partial charge in [0.15, 0.2) is 5.82 Å². The van der Waals surface area contributed by atoms with Gasteiger partial charge < -0.3 is 20.9 Å². The zero-order chi connectivity index (χ0) is 19.0. The first-order chi connectivity index (χ1) is 13.0. The number of nitrogens with zero attached hydrogens (tertiary/aromatic N) is 2. The number of aromatic nitrogens is 2. The van der Waals surface area contributed by atoms with Gasteiger partial charge in [0.1, 0.15) is 17.6 Å². The van der Waals surface area contributed by atoms with Crippen LogP contribution >= 0.6 is 0 Å². The van der Waals surface area contributed by atoms with Crippen molar-refractivity contribution in [1.29, 1.82) is 0 Å². The molecular formula is C21H28N4O2. The summed E-state index contributed by atoms with van der Waals surface area (Å²) in [5.41, 5.74) is 8.74. The van der Waals surface area contributed by atoms with E-state index in [4.69, 9.17) is 10.5 Å². The summed E-state index contributed by atoms with van der Waals surface area (Å²) in [6.45, 7) is 4.42. The Balaban J connectivity index is 1.54. The Bertz CT molecular complexity index is 798. The molecular weight excluding hydrogens is 340 g/mol. The van der Waals surface area contributed by atoms with E-state index in [1.54, 1.807) is 0 Å². The number of ether oxygens (including phenoxy) is 1. The van der Waals surface area contributed by atoms with Crippen molar-refractivity contribution in [1.82, 2.24) is 9.97 Å². The van der Waals surface area contributed by atoms with Crippen molar-refractivity contribution < 1.29 is 9.84 Å². The molecule has 1 aliphatic heterocycles. The standard InChI is InChI=1S/C21H28N4O2/c1-21(2)18(25-17-19(22)23-12-24-20(17)27-21)16-9-7-15(8-10-16)14-5-3-13(11-26)4-6-14/h7-10,12-14,18,25-26H,3-6,11H2,1-2H3,(H2,22,23,24)/t13-,14-,18?. The molecule has 0 amide bonds. The van der Waals surface area contributed by atoms with Crippen molar-refractivity contribution in [2.75, 3.05) is 17.7 Å². The van der Waals surface area contributed by atoms with E-state index in [2.05, 4.69) is 53.4 Å². The molecule has 0 saturated heterocycles. The monoisotopic (exact) mass is 368 g/mol. The number of nitrogens with two attached hydrogens (primary N) is 1. The van der Waals surface area contributed by atoms with E-state index >= 15 is 0 Å². The number of hydrogen-bond donors (Lipinski definition) is 3. The molecule has 1 aromatic carbocycles. The highest BCUT2D eigenvalue weighted by atomic mass is 16.5. The molecule has 1 atom stereocenters. The summed E-state index contributed by atoms with van der Waals surface area (Å²) in [5, 5.41) is 12.8. The number of aliphatic hydroxyl groups excluding tert-OH is 1. The SMILES string of the molecule is CC1(C)Oc2ncnc(N)c2NC1c1ccc([C@H]2CC[C@H](CO)CC2)cc1. The molecule has 1 unspecified atom stereocenters. The number of nitrogens with one attached hydrogen (secondary N) is 1. The quantitative estimate of drug-likeness (QED) is 0.766. The maximum Gasteiger partial charge on any atom is 0.243 e. The molecule has 6 nitrogen and oxygen atoms in total. The Morgan fingerprint density at radius 1 is 1.11 bits per heavy atom. The lowest BCUT2D eigenvalue weighted by Gasteiger charge is -2.40. The summed E-state index contributed by atoms with van der Waals surface area (Å²) >= 11 is 0. The number of anilines is 2. The van der Waals surface area contributed by atoms with Crippen molar-refractivity contribution in [2.45, 2.75) is 57.1 Å². The second-order valence-electron chi connectivity index (χ2n) is 8.29. The first-order valence-corrected chi connectivity index (χ1v) is 9.74. The third kappa shape index (κ3) is 3.46. The molecule has 0 radical (unpaired) electrons. The summed E-state index contributed by atoms with van der Waals surface area (Å²) in [6.07, 6.45) is 5.96. The fourth-order valence-electron chi connectivity index (χ4n) is 4.35. The van der Waals surface area contributed by atoms with Gasteiger partial charge in [-0.25, -0.2) is 4.98 Å². The van der Waals surface area contributed by atoms with Crippen LogP contribution in [0.25, 0.3) is 0 Å². The van der Waals surface area contributed by atoms with Crippen LogP contribution in [0.5, 0.6) is 5.88 Å². The van der Waals surface area contributed by atoms with Crippen LogP contribution < -0.4 is 15.8 Å². The number of fused-ring (bicyclic) bond motifs is 1. The van der Waals surface area contributed by atoms with Gasteiger partial charge in [-0.05, 0) is 62.5 Å². The summed E-state index contributed by atoms with van der Waals surface area (Å²) in [7, 11) is 0. The van der Waals surface area contributed by atoms with Crippen molar-refractivity contribution in [2.24, 2.45) is 5.92 Å². The second-order valence-corrected chi connectivity index (χ2v) is 8.29. The first kappa shape index (κ1) is 18.0. The average molecular weight is 368 g/mol. The third-order valence-corrected chi connectivity index (χ3v) is 6.03. The van der Waals surface area contributed by atoms with Crippen LogP contribution in [0.3, 0.4) is 0 Å². The molecule has 2 aliphatic rings. The number of benzene rings is 1. The lowest BCUT2D eigenvalue weighted by atomic mass is 9.78. The van der Waals surface area contributed by atoms with Crippen LogP contribution in [0, 0.1) is 5.92 Å². The van der Waals surface area contributed by atoms with Gasteiger partial charge in [0.2, 0.25) is 5.88 Å². The lowest BCUT2D eigenvalue weighted by molar-refractivity contribution is 0.0722. The Hall–Kier alpha value is -2.34. The largest absolute Gasteiger partial charge is 0.467 e. The van der Waals surface area contributed by atoms with Gasteiger partial charge in [0, 0.05) is 6.61 Å². The Kier molecular flexibility index (Phi) is 4.68. The molecule has 4 N–H and O–H groups in total. The summed E-state index contributed by atoms with van der Waals surface area (Å²) in [6, 6.07) is 8.79. The van der Waals surface area contributed by atoms with Gasteiger partial charge in [-0.1, -0.05) is 24.3 Å². The highest BCUT2D eigenvalue weighted by molar-refractivity contribution is 5.69. The van der Waals surface area contributed by atoms with Crippen LogP contribution in [-0.2, 0) is 0 Å². The first-order valence-electron chi connectivity index (χ1n) is 9.74. The van der Waals surface area contributed by atoms with E-state index in [0.29, 0.717) is 35.8 Å². The van der Waals surface area contributed by atoms with E-state index in [1.165, 1.54) is 11.9 Å². The van der Waals surface area contributed by atoms with E-state index < -0.39 is 5.60 Å². The lowest BCUT2D eigenvalue weighted by Crippen LogP contribution is -2.44. The Morgan fingerprint density at radius 3 is 2.44 bits per heavy atom. The molecule has 2 heterocycles. The summed E-state index contributed by atoms with van der Waals surface area (Å²) < 4.78 is 6.12. The predicted octanol–water partition coefficient (Wildman–Crippen LogP) is 3.65. The van der Waals surface area contributed by atoms with E-state index in [9.17, 15) is 5.11 Å². The van der Waals surface area contributed by atoms with Crippen LogP contribution in [0.15, 0.2) is 30.6 Å². The molecule has 0 bridgehead atoms. The van der Waals surface area contributed by atoms with Crippen molar-refractivity contribution in [3.63, 3.8) is 0 Å². The second kappa shape index (κ2) is 7.00. The highest BCUT2D eigenvalue weighted by Gasteiger charge is 2.39. The maximum absolute atomic E-state index is 9.33. The molecule has 27 heavy (non-hydrogen) atoms. The minimum absolute atomic E-state index is 0.0440. The fraction of sp³-hybridized carbons (Fsp3) is 0.524. The predicted molar refractivity (Wildman–Crippen MR) is 106 cm³/mol. The van der Waals surface area contributed by atoms with Gasteiger partial charge in [-0.2, -0.15) is 4.98 Å². The minimum Gasteiger partial charge on any atom is -0.467 e. The number of rotatable bonds is 3. The number of aliphatic hydroxyl groups is 1.